The third kappa shape index (κ3) is 5.05. The van der Waals surface area contributed by atoms with Gasteiger partial charge in [-0.3, -0.25) is 0 Å². The van der Waals surface area contributed by atoms with Crippen molar-refractivity contribution < 1.29 is 27.4 Å². The van der Waals surface area contributed by atoms with Gasteiger partial charge in [0.1, 0.15) is 11.6 Å². The fourth-order valence-corrected chi connectivity index (χ4v) is 3.60. The molecule has 176 valence electrons. The predicted molar refractivity (Wildman–Crippen MR) is 119 cm³/mol. The Morgan fingerprint density at radius 2 is 1.91 bits per heavy atom. The molecule has 0 amide bonds. The molecule has 0 radical (unpaired) electrons. The van der Waals surface area contributed by atoms with Gasteiger partial charge in [-0.15, -0.1) is 0 Å². The van der Waals surface area contributed by atoms with Crippen molar-refractivity contribution in [3.63, 3.8) is 0 Å². The Balaban J connectivity index is 1.66. The molecule has 7 nitrogen and oxygen atoms in total. The largest absolute Gasteiger partial charge is 0.493 e. The van der Waals surface area contributed by atoms with Crippen LogP contribution in [0.15, 0.2) is 30.3 Å². The van der Waals surface area contributed by atoms with E-state index in [1.165, 1.54) is 13.2 Å². The molecule has 1 atom stereocenters. The van der Waals surface area contributed by atoms with E-state index in [1.54, 1.807) is 26.0 Å². The molecule has 2 heterocycles. The van der Waals surface area contributed by atoms with Gasteiger partial charge in [-0.25, -0.2) is 9.97 Å². The van der Waals surface area contributed by atoms with E-state index >= 15 is 0 Å². The second-order valence-corrected chi connectivity index (χ2v) is 8.11. The topological polar surface area (TPSA) is 91.5 Å². The molecule has 2 aromatic carbocycles. The number of rotatable bonds is 7. The number of aromatic nitrogens is 2. The molecule has 0 saturated carbocycles. The van der Waals surface area contributed by atoms with Crippen LogP contribution in [0.2, 0.25) is 0 Å². The summed E-state index contributed by atoms with van der Waals surface area (Å²) in [4.78, 5) is 8.97. The Bertz CT molecular complexity index is 1170. The number of alkyl halides is 3. The monoisotopic (exact) mass is 462 g/mol. The molecular weight excluding hydrogens is 437 g/mol. The molecule has 1 aromatic heterocycles. The van der Waals surface area contributed by atoms with Gasteiger partial charge in [0, 0.05) is 23.1 Å². The lowest BCUT2D eigenvalue weighted by Crippen LogP contribution is -2.32. The fraction of sp³-hybridized carbons (Fsp3) is 0.391. The Labute approximate surface area is 189 Å². The predicted octanol–water partition coefficient (Wildman–Crippen LogP) is 4.75. The molecule has 3 N–H and O–H groups in total. The Hall–Kier alpha value is -3.27. The summed E-state index contributed by atoms with van der Waals surface area (Å²) in [7, 11) is 1.54. The fourth-order valence-electron chi connectivity index (χ4n) is 3.60. The maximum absolute atomic E-state index is 13.2. The third-order valence-corrected chi connectivity index (χ3v) is 5.43. The van der Waals surface area contributed by atoms with Crippen molar-refractivity contribution in [1.82, 2.24) is 9.97 Å². The summed E-state index contributed by atoms with van der Waals surface area (Å²) in [6, 6.07) is 6.55. The van der Waals surface area contributed by atoms with Crippen molar-refractivity contribution in [2.45, 2.75) is 26.1 Å². The highest BCUT2D eigenvalue weighted by molar-refractivity contribution is 5.92. The van der Waals surface area contributed by atoms with Crippen LogP contribution < -0.4 is 20.5 Å². The van der Waals surface area contributed by atoms with Gasteiger partial charge in [-0.2, -0.15) is 13.2 Å². The van der Waals surface area contributed by atoms with Gasteiger partial charge >= 0.3 is 6.18 Å². The van der Waals surface area contributed by atoms with E-state index in [-0.39, 0.29) is 5.69 Å². The van der Waals surface area contributed by atoms with Gasteiger partial charge in [0.15, 0.2) is 11.5 Å². The lowest BCUT2D eigenvalue weighted by atomic mass is 10.0. The highest BCUT2D eigenvalue weighted by Gasteiger charge is 2.31. The summed E-state index contributed by atoms with van der Waals surface area (Å²) in [6.07, 6.45) is -4.49. The Morgan fingerprint density at radius 3 is 2.55 bits per heavy atom. The van der Waals surface area contributed by atoms with E-state index in [2.05, 4.69) is 15.3 Å². The lowest BCUT2D eigenvalue weighted by Gasteiger charge is -2.26. The van der Waals surface area contributed by atoms with Crippen molar-refractivity contribution in [1.29, 1.82) is 0 Å². The van der Waals surface area contributed by atoms with Gasteiger partial charge in [-0.05, 0) is 43.7 Å². The smallest absolute Gasteiger partial charge is 0.416 e. The van der Waals surface area contributed by atoms with E-state index < -0.39 is 17.8 Å². The van der Waals surface area contributed by atoms with Crippen LogP contribution in [-0.2, 0) is 10.9 Å². The van der Waals surface area contributed by atoms with Crippen LogP contribution in [0.5, 0.6) is 11.5 Å². The summed E-state index contributed by atoms with van der Waals surface area (Å²) in [5.74, 6) is 2.38. The second kappa shape index (κ2) is 8.93. The maximum atomic E-state index is 13.2. The summed E-state index contributed by atoms with van der Waals surface area (Å²) in [5.41, 5.74) is 5.99. The molecule has 0 aliphatic carbocycles. The first-order valence-corrected chi connectivity index (χ1v) is 10.4. The number of anilines is 2. The number of benzene rings is 2. The number of hydrogen-bond donors (Lipinski definition) is 2. The van der Waals surface area contributed by atoms with Crippen LogP contribution in [-0.4, -0.2) is 36.9 Å². The number of nitrogens with one attached hydrogen (secondary N) is 1. The number of fused-ring (bicyclic) bond motifs is 1. The first kappa shape index (κ1) is 22.9. The molecule has 1 aliphatic heterocycles. The zero-order valence-corrected chi connectivity index (χ0v) is 18.5. The minimum Gasteiger partial charge on any atom is -0.493 e. The Morgan fingerprint density at radius 1 is 1.15 bits per heavy atom. The zero-order valence-electron chi connectivity index (χ0n) is 18.5. The molecule has 0 spiro atoms. The molecule has 1 fully saturated rings. The summed E-state index contributed by atoms with van der Waals surface area (Å²) >= 11 is 0. The van der Waals surface area contributed by atoms with Gasteiger partial charge in [0.05, 0.1) is 44.1 Å². The van der Waals surface area contributed by atoms with E-state index in [1.807, 2.05) is 0 Å². The van der Waals surface area contributed by atoms with Crippen LogP contribution >= 0.6 is 0 Å². The molecule has 1 unspecified atom stereocenters. The zero-order chi connectivity index (χ0) is 23.8. The van der Waals surface area contributed by atoms with Crippen molar-refractivity contribution in [3.8, 4) is 11.5 Å². The first-order valence-electron chi connectivity index (χ1n) is 10.4. The highest BCUT2D eigenvalue weighted by atomic mass is 19.4. The molecule has 4 rings (SSSR count). The van der Waals surface area contributed by atoms with Crippen molar-refractivity contribution in [2.24, 2.45) is 5.92 Å². The first-order chi connectivity index (χ1) is 15.6. The quantitative estimate of drug-likeness (QED) is 0.490. The maximum Gasteiger partial charge on any atom is 0.416 e. The summed E-state index contributed by atoms with van der Waals surface area (Å²) < 4.78 is 56.3. The minimum atomic E-state index is -4.49. The number of nitrogens with zero attached hydrogens (tertiary/aromatic N) is 2. The second-order valence-electron chi connectivity index (χ2n) is 8.11. The number of methoxy groups -OCH3 is 1. The molecule has 10 heteroatoms. The average Bonchev–Trinajstić information content (AvgIpc) is 2.71. The number of nitrogens with two attached hydrogens (primary N) is 1. The molecule has 1 saturated heterocycles. The van der Waals surface area contributed by atoms with E-state index in [9.17, 15) is 13.2 Å². The summed E-state index contributed by atoms with van der Waals surface area (Å²) in [6.45, 7) is 5.33. The van der Waals surface area contributed by atoms with Crippen LogP contribution in [0.4, 0.5) is 24.7 Å². The number of hydrogen-bond acceptors (Lipinski definition) is 7. The van der Waals surface area contributed by atoms with Crippen LogP contribution in [0.1, 0.15) is 29.9 Å². The standard InChI is InChI=1S/C23H25F3N4O3/c1-12(15-4-16(23(24,25)26)6-17(27)5-15)28-22-18-7-20(31-3)21(33-11-14-9-32-10-14)8-19(18)29-13(2)30-22/h4-8,12,14H,9-11,27H2,1-3H3,(H,28,29,30). The third-order valence-electron chi connectivity index (χ3n) is 5.43. The minimum absolute atomic E-state index is 0.0394. The molecular formula is C23H25F3N4O3. The number of halogens is 3. The molecule has 33 heavy (non-hydrogen) atoms. The molecule has 0 bridgehead atoms. The number of ether oxygens (including phenoxy) is 3. The van der Waals surface area contributed by atoms with Crippen molar-refractivity contribution in [2.75, 3.05) is 38.0 Å². The average molecular weight is 462 g/mol. The van der Waals surface area contributed by atoms with Crippen LogP contribution in [0.3, 0.4) is 0 Å². The van der Waals surface area contributed by atoms with Crippen molar-refractivity contribution >= 4 is 22.4 Å². The highest BCUT2D eigenvalue weighted by Crippen LogP contribution is 2.37. The van der Waals surface area contributed by atoms with Crippen LogP contribution in [0.25, 0.3) is 10.9 Å². The Kier molecular flexibility index (Phi) is 6.20. The van der Waals surface area contributed by atoms with Gasteiger partial charge in [0.25, 0.3) is 0 Å². The summed E-state index contributed by atoms with van der Waals surface area (Å²) in [5, 5.41) is 3.86. The van der Waals surface area contributed by atoms with Gasteiger partial charge in [-0.1, -0.05) is 0 Å². The molecule has 3 aromatic rings. The van der Waals surface area contributed by atoms with E-state index in [0.717, 1.165) is 12.1 Å². The van der Waals surface area contributed by atoms with E-state index in [4.69, 9.17) is 19.9 Å². The molecule has 1 aliphatic rings. The van der Waals surface area contributed by atoms with E-state index in [0.29, 0.717) is 65.3 Å². The lowest BCUT2D eigenvalue weighted by molar-refractivity contribution is -0.137. The van der Waals surface area contributed by atoms with Gasteiger partial charge in [0.2, 0.25) is 0 Å². The normalized spacial score (nSPS) is 15.2. The van der Waals surface area contributed by atoms with Crippen molar-refractivity contribution in [3.05, 3.63) is 47.3 Å². The number of aryl methyl sites for hydroxylation is 1. The van der Waals surface area contributed by atoms with Crippen LogP contribution in [0, 0.1) is 12.8 Å². The van der Waals surface area contributed by atoms with Gasteiger partial charge < -0.3 is 25.3 Å². The number of nitrogen functional groups attached to an aromatic ring is 1. The SMILES string of the molecule is COc1cc2c(NC(C)c3cc(N)cc(C(F)(F)F)c3)nc(C)nc2cc1OCC1COC1.